The van der Waals surface area contributed by atoms with Gasteiger partial charge in [-0.15, -0.1) is 6.58 Å². The van der Waals surface area contributed by atoms with E-state index in [1.54, 1.807) is 11.0 Å². The summed E-state index contributed by atoms with van der Waals surface area (Å²) in [7, 11) is 0. The highest BCUT2D eigenvalue weighted by molar-refractivity contribution is 5.88. The number of piperidine rings is 1. The Morgan fingerprint density at radius 3 is 2.11 bits per heavy atom. The fourth-order valence-corrected chi connectivity index (χ4v) is 3.56. The molecule has 1 spiro atoms. The number of aliphatic carboxylic acids is 1. The SMILES string of the molecule is C=C[C@@]1(C(=O)O)CC12CCN(C(=O)C1(O)CC1)CC2. The fourth-order valence-electron chi connectivity index (χ4n) is 3.56. The third-order valence-electron chi connectivity index (χ3n) is 5.30. The number of hydrogen-bond acceptors (Lipinski definition) is 3. The first-order valence-electron chi connectivity index (χ1n) is 6.78. The molecule has 0 aromatic heterocycles. The van der Waals surface area contributed by atoms with Gasteiger partial charge in [0.25, 0.3) is 5.91 Å². The summed E-state index contributed by atoms with van der Waals surface area (Å²) in [4.78, 5) is 25.1. The Bertz CT molecular complexity index is 460. The van der Waals surface area contributed by atoms with Crippen molar-refractivity contribution in [2.75, 3.05) is 13.1 Å². The summed E-state index contributed by atoms with van der Waals surface area (Å²) in [6.45, 7) is 4.76. The molecule has 1 aliphatic heterocycles. The van der Waals surface area contributed by atoms with Crippen LogP contribution < -0.4 is 0 Å². The minimum absolute atomic E-state index is 0.178. The first-order valence-corrected chi connectivity index (χ1v) is 6.78. The number of hydrogen-bond donors (Lipinski definition) is 2. The second-order valence-corrected chi connectivity index (χ2v) is 6.26. The zero-order valence-corrected chi connectivity index (χ0v) is 10.9. The van der Waals surface area contributed by atoms with Crippen LogP contribution in [0.2, 0.25) is 0 Å². The Morgan fingerprint density at radius 2 is 1.74 bits per heavy atom. The number of rotatable bonds is 3. The molecule has 5 nitrogen and oxygen atoms in total. The summed E-state index contributed by atoms with van der Waals surface area (Å²) in [5.41, 5.74) is -2.13. The smallest absolute Gasteiger partial charge is 0.314 e. The van der Waals surface area contributed by atoms with Gasteiger partial charge in [0.1, 0.15) is 5.60 Å². The van der Waals surface area contributed by atoms with E-state index < -0.39 is 17.0 Å². The molecule has 0 unspecified atom stereocenters. The van der Waals surface area contributed by atoms with Gasteiger partial charge >= 0.3 is 5.97 Å². The second kappa shape index (κ2) is 3.60. The average Bonchev–Trinajstić information content (AvgIpc) is 3.27. The van der Waals surface area contributed by atoms with Gasteiger partial charge in [0, 0.05) is 13.1 Å². The van der Waals surface area contributed by atoms with E-state index in [1.807, 2.05) is 0 Å². The number of likely N-dealkylation sites (tertiary alicyclic amines) is 1. The number of carboxylic acid groups (broad SMARTS) is 1. The van der Waals surface area contributed by atoms with Crippen LogP contribution in [-0.2, 0) is 9.59 Å². The van der Waals surface area contributed by atoms with Gasteiger partial charge in [-0.3, -0.25) is 9.59 Å². The first-order chi connectivity index (χ1) is 8.89. The monoisotopic (exact) mass is 265 g/mol. The van der Waals surface area contributed by atoms with E-state index in [9.17, 15) is 19.8 Å². The molecule has 3 aliphatic rings. The highest BCUT2D eigenvalue weighted by Gasteiger charge is 2.70. The van der Waals surface area contributed by atoms with Crippen molar-refractivity contribution in [3.63, 3.8) is 0 Å². The van der Waals surface area contributed by atoms with Gasteiger partial charge in [0.15, 0.2) is 0 Å². The highest BCUT2D eigenvalue weighted by Crippen LogP contribution is 2.69. The van der Waals surface area contributed by atoms with Gasteiger partial charge in [0.05, 0.1) is 5.41 Å². The molecule has 0 aromatic carbocycles. The van der Waals surface area contributed by atoms with E-state index in [2.05, 4.69) is 6.58 Å². The van der Waals surface area contributed by atoms with Gasteiger partial charge in [-0.2, -0.15) is 0 Å². The highest BCUT2D eigenvalue weighted by atomic mass is 16.4. The third-order valence-corrected chi connectivity index (χ3v) is 5.30. The van der Waals surface area contributed by atoms with E-state index in [0.29, 0.717) is 45.2 Å². The summed E-state index contributed by atoms with van der Waals surface area (Å²) in [5.74, 6) is -0.981. The average molecular weight is 265 g/mol. The zero-order valence-electron chi connectivity index (χ0n) is 10.9. The van der Waals surface area contributed by atoms with Gasteiger partial charge in [0.2, 0.25) is 0 Å². The van der Waals surface area contributed by atoms with Crippen molar-refractivity contribution in [3.05, 3.63) is 12.7 Å². The second-order valence-electron chi connectivity index (χ2n) is 6.26. The molecule has 19 heavy (non-hydrogen) atoms. The number of carbonyl (C=O) groups is 2. The van der Waals surface area contributed by atoms with Crippen molar-refractivity contribution >= 4 is 11.9 Å². The molecule has 1 amide bonds. The molecule has 0 radical (unpaired) electrons. The molecule has 0 aromatic rings. The standard InChI is InChI=1S/C14H19NO4/c1-2-13(11(17)18)9-12(13)5-7-15(8-6-12)10(16)14(19)3-4-14/h2,19H,1,3-9H2,(H,17,18)/t13-/m0/s1. The van der Waals surface area contributed by atoms with Crippen molar-refractivity contribution < 1.29 is 19.8 Å². The molecule has 2 saturated carbocycles. The van der Waals surface area contributed by atoms with Gasteiger partial charge in [-0.1, -0.05) is 6.08 Å². The van der Waals surface area contributed by atoms with Crippen molar-refractivity contribution in [2.45, 2.75) is 37.7 Å². The Labute approximate surface area is 111 Å². The largest absolute Gasteiger partial charge is 0.481 e. The van der Waals surface area contributed by atoms with Crippen molar-refractivity contribution in [2.24, 2.45) is 10.8 Å². The van der Waals surface area contributed by atoms with Crippen LogP contribution in [0.3, 0.4) is 0 Å². The lowest BCUT2D eigenvalue weighted by atomic mass is 9.84. The molecule has 3 rings (SSSR count). The third kappa shape index (κ3) is 1.57. The van der Waals surface area contributed by atoms with Crippen LogP contribution in [0.15, 0.2) is 12.7 Å². The van der Waals surface area contributed by atoms with Gasteiger partial charge < -0.3 is 15.1 Å². The van der Waals surface area contributed by atoms with Crippen LogP contribution in [0.1, 0.15) is 32.1 Å². The quantitative estimate of drug-likeness (QED) is 0.739. The van der Waals surface area contributed by atoms with Crippen LogP contribution in [0, 0.1) is 10.8 Å². The van der Waals surface area contributed by atoms with E-state index >= 15 is 0 Å². The zero-order chi connectivity index (χ0) is 13.9. The molecule has 2 aliphatic carbocycles. The predicted molar refractivity (Wildman–Crippen MR) is 67.3 cm³/mol. The summed E-state index contributed by atoms with van der Waals surface area (Å²) < 4.78 is 0. The van der Waals surface area contributed by atoms with Crippen LogP contribution in [0.5, 0.6) is 0 Å². The lowest BCUT2D eigenvalue weighted by molar-refractivity contribution is -0.145. The molecule has 1 heterocycles. The lowest BCUT2D eigenvalue weighted by Crippen LogP contribution is -2.46. The Hall–Kier alpha value is -1.36. The molecule has 3 fully saturated rings. The number of nitrogens with zero attached hydrogens (tertiary/aromatic N) is 1. The van der Waals surface area contributed by atoms with Crippen molar-refractivity contribution in [1.82, 2.24) is 4.90 Å². The number of carbonyl (C=O) groups excluding carboxylic acids is 1. The Kier molecular flexibility index (Phi) is 2.40. The maximum atomic E-state index is 12.0. The van der Waals surface area contributed by atoms with Gasteiger partial charge in [-0.25, -0.2) is 0 Å². The molecule has 1 saturated heterocycles. The minimum Gasteiger partial charge on any atom is -0.481 e. The minimum atomic E-state index is -1.11. The lowest BCUT2D eigenvalue weighted by Gasteiger charge is -2.35. The van der Waals surface area contributed by atoms with Crippen LogP contribution >= 0.6 is 0 Å². The Balaban J connectivity index is 1.66. The molecule has 5 heteroatoms. The molecular weight excluding hydrogens is 246 g/mol. The summed E-state index contributed by atoms with van der Waals surface area (Å²) in [6, 6.07) is 0. The molecule has 2 N–H and O–H groups in total. The normalized spacial score (nSPS) is 33.8. The first kappa shape index (κ1) is 12.7. The summed E-state index contributed by atoms with van der Waals surface area (Å²) in [5, 5.41) is 19.2. The van der Waals surface area contributed by atoms with Crippen LogP contribution in [0.25, 0.3) is 0 Å². The van der Waals surface area contributed by atoms with Gasteiger partial charge in [-0.05, 0) is 37.5 Å². The number of carboxylic acids is 1. The van der Waals surface area contributed by atoms with Crippen LogP contribution in [0.4, 0.5) is 0 Å². The molecular formula is C14H19NO4. The van der Waals surface area contributed by atoms with E-state index in [4.69, 9.17) is 0 Å². The van der Waals surface area contributed by atoms with E-state index in [0.717, 1.165) is 0 Å². The Morgan fingerprint density at radius 1 is 1.16 bits per heavy atom. The van der Waals surface area contributed by atoms with Crippen molar-refractivity contribution in [3.8, 4) is 0 Å². The fraction of sp³-hybridized carbons (Fsp3) is 0.714. The summed E-state index contributed by atoms with van der Waals surface area (Å²) in [6.07, 6.45) is 4.67. The number of aliphatic hydroxyl groups is 1. The van der Waals surface area contributed by atoms with Crippen LogP contribution in [-0.4, -0.2) is 45.7 Å². The predicted octanol–water partition coefficient (Wildman–Crippen LogP) is 0.781. The molecule has 1 atom stereocenters. The van der Waals surface area contributed by atoms with E-state index in [-0.39, 0.29) is 11.3 Å². The molecule has 0 bridgehead atoms. The number of amides is 1. The van der Waals surface area contributed by atoms with Crippen molar-refractivity contribution in [1.29, 1.82) is 0 Å². The maximum Gasteiger partial charge on any atom is 0.314 e. The molecule has 104 valence electrons. The maximum absolute atomic E-state index is 12.0. The topological polar surface area (TPSA) is 77.8 Å². The van der Waals surface area contributed by atoms with E-state index in [1.165, 1.54) is 0 Å². The summed E-state index contributed by atoms with van der Waals surface area (Å²) >= 11 is 0.